The first-order chi connectivity index (χ1) is 8.19. The number of nitrogens with zero attached hydrogens (tertiary/aromatic N) is 1. The number of alkyl carbamates (subject to hydrolysis) is 1. The van der Waals surface area contributed by atoms with E-state index in [0.29, 0.717) is 5.35 Å². The minimum absolute atomic E-state index is 0.235. The standard InChI is InChI=1S/C14H20N2O2/c1-9-7-8-12(15-10(9)2)11(3)16-13(17)18-14(4,5)6/h7-8,11H,1-2H2,3-6H3,(H,16,17). The van der Waals surface area contributed by atoms with E-state index in [2.05, 4.69) is 23.5 Å². The van der Waals surface area contributed by atoms with Crippen LogP contribution in [0.2, 0.25) is 0 Å². The molecule has 1 N–H and O–H groups in total. The zero-order valence-electron chi connectivity index (χ0n) is 11.4. The second-order valence-electron chi connectivity index (χ2n) is 5.21. The topological polar surface area (TPSA) is 51.2 Å². The van der Waals surface area contributed by atoms with Gasteiger partial charge in [0.1, 0.15) is 5.60 Å². The van der Waals surface area contributed by atoms with Crippen LogP contribution in [0.4, 0.5) is 4.79 Å². The highest BCUT2D eigenvalue weighted by atomic mass is 16.6. The summed E-state index contributed by atoms with van der Waals surface area (Å²) in [6.07, 6.45) is -0.457. The molecule has 98 valence electrons. The SMILES string of the molecule is C=c1ccc(C(C)NC(=O)OC(C)(C)C)nc1=C. The summed E-state index contributed by atoms with van der Waals surface area (Å²) in [4.78, 5) is 15.9. The molecule has 0 spiro atoms. The third kappa shape index (κ3) is 4.20. The Morgan fingerprint density at radius 2 is 2.00 bits per heavy atom. The van der Waals surface area contributed by atoms with Crippen molar-refractivity contribution in [3.8, 4) is 0 Å². The van der Waals surface area contributed by atoms with Crippen molar-refractivity contribution in [3.05, 3.63) is 28.4 Å². The largest absolute Gasteiger partial charge is 0.444 e. The van der Waals surface area contributed by atoms with Gasteiger partial charge in [-0.05, 0) is 39.0 Å². The van der Waals surface area contributed by atoms with Gasteiger partial charge in [0.05, 0.1) is 17.1 Å². The molecule has 1 rings (SSSR count). The van der Waals surface area contributed by atoms with Crippen LogP contribution >= 0.6 is 0 Å². The summed E-state index contributed by atoms with van der Waals surface area (Å²) in [5.74, 6) is 0. The van der Waals surface area contributed by atoms with Crippen LogP contribution in [-0.2, 0) is 4.74 Å². The Kier molecular flexibility index (Phi) is 4.11. The van der Waals surface area contributed by atoms with Gasteiger partial charge < -0.3 is 10.1 Å². The molecule has 0 radical (unpaired) electrons. The third-order valence-corrected chi connectivity index (χ3v) is 2.27. The molecule has 1 aromatic heterocycles. The second kappa shape index (κ2) is 5.21. The van der Waals surface area contributed by atoms with E-state index in [1.165, 1.54) is 0 Å². The summed E-state index contributed by atoms with van der Waals surface area (Å²) >= 11 is 0. The summed E-state index contributed by atoms with van der Waals surface area (Å²) in [6.45, 7) is 14.9. The molecule has 4 nitrogen and oxygen atoms in total. The number of carbonyl (C=O) groups excluding carboxylic acids is 1. The molecule has 1 atom stereocenters. The Morgan fingerprint density at radius 1 is 1.39 bits per heavy atom. The Morgan fingerprint density at radius 3 is 2.50 bits per heavy atom. The summed E-state index contributed by atoms with van der Waals surface area (Å²) < 4.78 is 5.18. The summed E-state index contributed by atoms with van der Waals surface area (Å²) in [5.41, 5.74) is 0.226. The molecule has 1 unspecified atom stereocenters. The molecule has 0 saturated heterocycles. The Balaban J connectivity index is 2.74. The van der Waals surface area contributed by atoms with Crippen LogP contribution in [-0.4, -0.2) is 16.7 Å². The number of carbonyl (C=O) groups is 1. The lowest BCUT2D eigenvalue weighted by atomic mass is 10.2. The molecular formula is C14H20N2O2. The van der Waals surface area contributed by atoms with E-state index in [9.17, 15) is 4.79 Å². The van der Waals surface area contributed by atoms with Crippen molar-refractivity contribution in [3.63, 3.8) is 0 Å². The van der Waals surface area contributed by atoms with Crippen molar-refractivity contribution in [2.45, 2.75) is 39.3 Å². The van der Waals surface area contributed by atoms with Crippen LogP contribution in [0.1, 0.15) is 39.4 Å². The van der Waals surface area contributed by atoms with Crippen LogP contribution in [0.25, 0.3) is 13.2 Å². The minimum Gasteiger partial charge on any atom is -0.444 e. The summed E-state index contributed by atoms with van der Waals surface area (Å²) in [5, 5.41) is 4.12. The lowest BCUT2D eigenvalue weighted by molar-refractivity contribution is 0.0507. The molecule has 4 heteroatoms. The number of amides is 1. The zero-order chi connectivity index (χ0) is 13.9. The maximum absolute atomic E-state index is 11.6. The molecule has 0 aliphatic carbocycles. The van der Waals surface area contributed by atoms with Crippen molar-refractivity contribution in [1.82, 2.24) is 10.3 Å². The number of hydrogen-bond acceptors (Lipinski definition) is 3. The Labute approximate surface area is 107 Å². The van der Waals surface area contributed by atoms with Gasteiger partial charge in [-0.15, -0.1) is 0 Å². The van der Waals surface area contributed by atoms with Crippen LogP contribution in [0.3, 0.4) is 0 Å². The maximum Gasteiger partial charge on any atom is 0.408 e. The van der Waals surface area contributed by atoms with Gasteiger partial charge in [0.2, 0.25) is 0 Å². The normalized spacial score (nSPS) is 12.9. The van der Waals surface area contributed by atoms with Crippen molar-refractivity contribution in [2.75, 3.05) is 0 Å². The smallest absolute Gasteiger partial charge is 0.408 e. The molecule has 0 fully saturated rings. The maximum atomic E-state index is 11.6. The molecule has 1 aromatic rings. The van der Waals surface area contributed by atoms with Gasteiger partial charge in [0.25, 0.3) is 0 Å². The number of ether oxygens (including phenoxy) is 1. The quantitative estimate of drug-likeness (QED) is 0.862. The van der Waals surface area contributed by atoms with Crippen LogP contribution in [0.15, 0.2) is 12.1 Å². The van der Waals surface area contributed by atoms with E-state index >= 15 is 0 Å². The van der Waals surface area contributed by atoms with Gasteiger partial charge >= 0.3 is 6.09 Å². The minimum atomic E-state index is -0.508. The Hall–Kier alpha value is -1.84. The van der Waals surface area contributed by atoms with E-state index in [1.807, 2.05) is 39.8 Å². The predicted molar refractivity (Wildman–Crippen MR) is 72.3 cm³/mol. The van der Waals surface area contributed by atoms with Crippen molar-refractivity contribution < 1.29 is 9.53 Å². The van der Waals surface area contributed by atoms with Crippen LogP contribution in [0.5, 0.6) is 0 Å². The first-order valence-corrected chi connectivity index (χ1v) is 5.83. The molecular weight excluding hydrogens is 228 g/mol. The molecule has 0 aromatic carbocycles. The number of nitrogens with one attached hydrogen (secondary N) is 1. The fourth-order valence-electron chi connectivity index (χ4n) is 1.35. The predicted octanol–water partition coefficient (Wildman–Crippen LogP) is 1.49. The van der Waals surface area contributed by atoms with Crippen LogP contribution in [0, 0.1) is 0 Å². The number of rotatable bonds is 2. The molecule has 0 aliphatic rings. The number of pyridine rings is 1. The third-order valence-electron chi connectivity index (χ3n) is 2.27. The first-order valence-electron chi connectivity index (χ1n) is 5.83. The van der Waals surface area contributed by atoms with Crippen molar-refractivity contribution in [1.29, 1.82) is 0 Å². The lowest BCUT2D eigenvalue weighted by Crippen LogP contribution is -2.35. The molecule has 0 bridgehead atoms. The highest BCUT2D eigenvalue weighted by molar-refractivity contribution is 5.68. The molecule has 1 heterocycles. The van der Waals surface area contributed by atoms with Gasteiger partial charge in [0, 0.05) is 0 Å². The molecule has 0 saturated carbocycles. The fourth-order valence-corrected chi connectivity index (χ4v) is 1.35. The van der Waals surface area contributed by atoms with Crippen molar-refractivity contribution in [2.24, 2.45) is 0 Å². The van der Waals surface area contributed by atoms with E-state index in [4.69, 9.17) is 4.74 Å². The average Bonchev–Trinajstić information content (AvgIpc) is 2.18. The van der Waals surface area contributed by atoms with Gasteiger partial charge in [-0.1, -0.05) is 19.2 Å². The van der Waals surface area contributed by atoms with Gasteiger partial charge in [-0.2, -0.15) is 0 Å². The van der Waals surface area contributed by atoms with E-state index in [-0.39, 0.29) is 6.04 Å². The highest BCUT2D eigenvalue weighted by Crippen LogP contribution is 2.10. The van der Waals surface area contributed by atoms with E-state index in [1.54, 1.807) is 0 Å². The number of hydrogen-bond donors (Lipinski definition) is 1. The summed E-state index contributed by atoms with van der Waals surface area (Å²) in [7, 11) is 0. The first kappa shape index (κ1) is 14.2. The molecule has 1 amide bonds. The lowest BCUT2D eigenvalue weighted by Gasteiger charge is -2.21. The summed E-state index contributed by atoms with van der Waals surface area (Å²) in [6, 6.07) is 3.41. The van der Waals surface area contributed by atoms with Gasteiger partial charge in [-0.25, -0.2) is 4.79 Å². The van der Waals surface area contributed by atoms with Gasteiger partial charge in [0.15, 0.2) is 0 Å². The average molecular weight is 248 g/mol. The van der Waals surface area contributed by atoms with Crippen molar-refractivity contribution >= 4 is 19.3 Å². The highest BCUT2D eigenvalue weighted by Gasteiger charge is 2.18. The van der Waals surface area contributed by atoms with Gasteiger partial charge in [-0.3, -0.25) is 4.98 Å². The zero-order valence-corrected chi connectivity index (χ0v) is 11.4. The molecule has 0 aliphatic heterocycles. The molecule has 18 heavy (non-hydrogen) atoms. The fraction of sp³-hybridized carbons (Fsp3) is 0.429. The van der Waals surface area contributed by atoms with E-state index < -0.39 is 11.7 Å². The number of aromatic nitrogens is 1. The van der Waals surface area contributed by atoms with Crippen LogP contribution < -0.4 is 15.9 Å². The Bertz CT molecular complexity index is 532. The monoisotopic (exact) mass is 248 g/mol. The van der Waals surface area contributed by atoms with E-state index in [0.717, 1.165) is 10.9 Å². The second-order valence-corrected chi connectivity index (χ2v) is 5.21.